The average Bonchev–Trinajstić information content (AvgIpc) is 2.92. The Morgan fingerprint density at radius 2 is 1.86 bits per heavy atom. The minimum atomic E-state index is -1.37. The summed E-state index contributed by atoms with van der Waals surface area (Å²) in [6.07, 6.45) is -2.11. The molecule has 0 bridgehead atoms. The average molecular weight is 400 g/mol. The highest BCUT2D eigenvalue weighted by atomic mass is 16.6. The van der Waals surface area contributed by atoms with Crippen LogP contribution in [0, 0.1) is 13.8 Å². The van der Waals surface area contributed by atoms with Gasteiger partial charge >= 0.3 is 6.09 Å². The van der Waals surface area contributed by atoms with Gasteiger partial charge in [0.05, 0.1) is 18.3 Å². The lowest BCUT2D eigenvalue weighted by atomic mass is 10.1. The molecule has 0 aliphatic carbocycles. The molecule has 1 unspecified atom stereocenters. The zero-order valence-electron chi connectivity index (χ0n) is 16.9. The van der Waals surface area contributed by atoms with Crippen molar-refractivity contribution in [1.82, 2.24) is 21.1 Å². The molecule has 0 saturated heterocycles. The van der Waals surface area contributed by atoms with Gasteiger partial charge in [-0.15, -0.1) is 0 Å². The van der Waals surface area contributed by atoms with E-state index in [-0.39, 0.29) is 18.7 Å². The fourth-order valence-electron chi connectivity index (χ4n) is 2.19. The summed E-state index contributed by atoms with van der Waals surface area (Å²) in [7, 11) is 1.26. The quantitative estimate of drug-likeness (QED) is 0.445. The summed E-state index contributed by atoms with van der Waals surface area (Å²) in [6.45, 7) is 7.82. The third-order valence-electron chi connectivity index (χ3n) is 3.47. The molecule has 1 rings (SSSR count). The van der Waals surface area contributed by atoms with Crippen LogP contribution in [0.1, 0.15) is 42.6 Å². The van der Waals surface area contributed by atoms with Crippen LogP contribution in [-0.2, 0) is 14.3 Å². The number of nitrogens with one attached hydrogen (secondary N) is 3. The van der Waals surface area contributed by atoms with Gasteiger partial charge in [0.1, 0.15) is 16.9 Å². The first-order valence-corrected chi connectivity index (χ1v) is 8.62. The van der Waals surface area contributed by atoms with Crippen LogP contribution in [0.4, 0.5) is 4.79 Å². The third-order valence-corrected chi connectivity index (χ3v) is 3.47. The van der Waals surface area contributed by atoms with Gasteiger partial charge in [0.2, 0.25) is 5.91 Å². The number of rotatable bonds is 8. The number of methoxy groups -OCH3 is 1. The number of hydrogen-bond donors (Lipinski definition) is 4. The largest absolute Gasteiger partial charge is 0.444 e. The molecule has 28 heavy (non-hydrogen) atoms. The fourth-order valence-corrected chi connectivity index (χ4v) is 2.19. The van der Waals surface area contributed by atoms with E-state index in [1.165, 1.54) is 7.11 Å². The van der Waals surface area contributed by atoms with Gasteiger partial charge < -0.3 is 35.1 Å². The van der Waals surface area contributed by atoms with Crippen LogP contribution >= 0.6 is 0 Å². The number of aliphatic hydroxyl groups excluding tert-OH is 1. The molecule has 0 spiro atoms. The summed E-state index contributed by atoms with van der Waals surface area (Å²) in [5.74, 6) is -0.740. The number of aryl methyl sites for hydroxylation is 2. The molecule has 2 atom stereocenters. The molecular weight excluding hydrogens is 372 g/mol. The third kappa shape index (κ3) is 7.53. The Balaban J connectivity index is 2.59. The van der Waals surface area contributed by atoms with Crippen LogP contribution < -0.4 is 16.0 Å². The van der Waals surface area contributed by atoms with Crippen molar-refractivity contribution in [2.75, 3.05) is 20.2 Å². The van der Waals surface area contributed by atoms with E-state index < -0.39 is 35.8 Å². The Labute approximate surface area is 163 Å². The van der Waals surface area contributed by atoms with Crippen molar-refractivity contribution in [3.05, 3.63) is 17.0 Å². The van der Waals surface area contributed by atoms with Gasteiger partial charge in [-0.1, -0.05) is 5.16 Å². The van der Waals surface area contributed by atoms with Crippen LogP contribution in [0.2, 0.25) is 0 Å². The normalized spacial score (nSPS) is 13.4. The van der Waals surface area contributed by atoms with E-state index in [0.29, 0.717) is 11.5 Å². The Morgan fingerprint density at radius 3 is 2.36 bits per heavy atom. The number of nitrogens with zero attached hydrogens (tertiary/aromatic N) is 1. The summed E-state index contributed by atoms with van der Waals surface area (Å²) < 4.78 is 14.8. The lowest BCUT2D eigenvalue weighted by Gasteiger charge is -2.23. The Kier molecular flexibility index (Phi) is 8.38. The molecule has 1 aromatic heterocycles. The van der Waals surface area contributed by atoms with Crippen LogP contribution in [0.15, 0.2) is 4.52 Å². The minimum Gasteiger partial charge on any atom is -0.444 e. The van der Waals surface area contributed by atoms with Gasteiger partial charge in [-0.3, -0.25) is 9.59 Å². The first-order chi connectivity index (χ1) is 12.9. The molecule has 11 nitrogen and oxygen atoms in total. The molecular formula is C17H28N4O7. The van der Waals surface area contributed by atoms with Crippen molar-refractivity contribution >= 4 is 17.9 Å². The molecule has 1 heterocycles. The van der Waals surface area contributed by atoms with Gasteiger partial charge in [-0.25, -0.2) is 4.79 Å². The van der Waals surface area contributed by atoms with E-state index in [9.17, 15) is 19.5 Å². The number of alkyl carbamates (subject to hydrolysis) is 1. The molecule has 4 N–H and O–H groups in total. The maximum Gasteiger partial charge on any atom is 0.408 e. The second kappa shape index (κ2) is 10.0. The zero-order chi connectivity index (χ0) is 21.5. The fraction of sp³-hybridized carbons (Fsp3) is 0.647. The Morgan fingerprint density at radius 1 is 1.21 bits per heavy atom. The lowest BCUT2D eigenvalue weighted by molar-refractivity contribution is -0.122. The number of carbonyl (C=O) groups excluding carboxylic acids is 3. The zero-order valence-corrected chi connectivity index (χ0v) is 16.9. The standard InChI is InChI=1S/C17H28N4O7/c1-9-13(10(2)28-21-9)14(23)20-11(15(24)26-6)7-18-12(22)8-19-16(25)27-17(3,4)5/h11,15,24H,7-8H2,1-6H3,(H,18,22)(H,19,25)(H,20,23)/t11-,15?/m0/s1. The van der Waals surface area contributed by atoms with Crippen LogP contribution in [0.5, 0.6) is 0 Å². The summed E-state index contributed by atoms with van der Waals surface area (Å²) >= 11 is 0. The molecule has 11 heteroatoms. The van der Waals surface area contributed by atoms with E-state index in [2.05, 4.69) is 21.1 Å². The summed E-state index contributed by atoms with van der Waals surface area (Å²) in [6, 6.07) is -0.948. The molecule has 1 aromatic rings. The van der Waals surface area contributed by atoms with Crippen molar-refractivity contribution < 1.29 is 33.5 Å². The molecule has 0 saturated carbocycles. The maximum absolute atomic E-state index is 12.4. The molecule has 0 aliphatic heterocycles. The van der Waals surface area contributed by atoms with Crippen LogP contribution in [0.25, 0.3) is 0 Å². The van der Waals surface area contributed by atoms with E-state index in [1.807, 2.05) is 0 Å². The van der Waals surface area contributed by atoms with Gasteiger partial charge in [0, 0.05) is 13.7 Å². The summed E-state index contributed by atoms with van der Waals surface area (Å²) in [5, 5.41) is 21.0. The highest BCUT2D eigenvalue weighted by Gasteiger charge is 2.26. The highest BCUT2D eigenvalue weighted by molar-refractivity contribution is 5.96. The number of aromatic nitrogens is 1. The number of hydrogen-bond acceptors (Lipinski definition) is 8. The second-order valence-corrected chi connectivity index (χ2v) is 7.06. The molecule has 0 radical (unpaired) electrons. The number of amides is 3. The molecule has 158 valence electrons. The van der Waals surface area contributed by atoms with Gasteiger partial charge in [-0.05, 0) is 34.6 Å². The topological polar surface area (TPSA) is 152 Å². The first kappa shape index (κ1) is 23.4. The predicted molar refractivity (Wildman–Crippen MR) is 97.5 cm³/mol. The lowest BCUT2D eigenvalue weighted by Crippen LogP contribution is -2.52. The smallest absolute Gasteiger partial charge is 0.408 e. The Bertz CT molecular complexity index is 677. The monoisotopic (exact) mass is 400 g/mol. The maximum atomic E-state index is 12.4. The summed E-state index contributed by atoms with van der Waals surface area (Å²) in [4.78, 5) is 35.9. The SMILES string of the molecule is COC(O)[C@H](CNC(=O)CNC(=O)OC(C)(C)C)NC(=O)c1c(C)noc1C. The van der Waals surface area contributed by atoms with Crippen molar-refractivity contribution in [3.63, 3.8) is 0 Å². The second-order valence-electron chi connectivity index (χ2n) is 7.06. The molecule has 3 amide bonds. The molecule has 0 aromatic carbocycles. The van der Waals surface area contributed by atoms with E-state index >= 15 is 0 Å². The van der Waals surface area contributed by atoms with E-state index in [4.69, 9.17) is 14.0 Å². The predicted octanol–water partition coefficient (Wildman–Crippen LogP) is -0.00446. The van der Waals surface area contributed by atoms with Crippen molar-refractivity contribution in [2.24, 2.45) is 0 Å². The van der Waals surface area contributed by atoms with Crippen LogP contribution in [0.3, 0.4) is 0 Å². The van der Waals surface area contributed by atoms with E-state index in [1.54, 1.807) is 34.6 Å². The number of ether oxygens (including phenoxy) is 2. The minimum absolute atomic E-state index is 0.140. The van der Waals surface area contributed by atoms with E-state index in [0.717, 1.165) is 0 Å². The number of carbonyl (C=O) groups is 3. The first-order valence-electron chi connectivity index (χ1n) is 8.62. The van der Waals surface area contributed by atoms with Gasteiger partial charge in [0.25, 0.3) is 5.91 Å². The molecule has 0 aliphatic rings. The highest BCUT2D eigenvalue weighted by Crippen LogP contribution is 2.12. The summed E-state index contributed by atoms with van der Waals surface area (Å²) in [5.41, 5.74) is -0.0473. The van der Waals surface area contributed by atoms with Crippen molar-refractivity contribution in [1.29, 1.82) is 0 Å². The van der Waals surface area contributed by atoms with Crippen LogP contribution in [-0.4, -0.2) is 66.3 Å². The molecule has 0 fully saturated rings. The number of aliphatic hydroxyl groups is 1. The van der Waals surface area contributed by atoms with Gasteiger partial charge in [0.15, 0.2) is 6.29 Å². The van der Waals surface area contributed by atoms with Crippen molar-refractivity contribution in [3.8, 4) is 0 Å². The Hall–Kier alpha value is -2.66. The van der Waals surface area contributed by atoms with Crippen molar-refractivity contribution in [2.45, 2.75) is 52.6 Å². The van der Waals surface area contributed by atoms with Gasteiger partial charge in [-0.2, -0.15) is 0 Å².